The molecular formula is C27H29FN4O3. The molecule has 1 aromatic carbocycles. The van der Waals surface area contributed by atoms with Crippen molar-refractivity contribution in [3.8, 4) is 11.3 Å². The summed E-state index contributed by atoms with van der Waals surface area (Å²) in [6.45, 7) is 2.84. The zero-order valence-electron chi connectivity index (χ0n) is 19.8. The number of halogens is 1. The molecule has 1 N–H and O–H groups in total. The van der Waals surface area contributed by atoms with E-state index >= 15 is 0 Å². The second-order valence-corrected chi connectivity index (χ2v) is 9.60. The molecule has 0 spiro atoms. The predicted molar refractivity (Wildman–Crippen MR) is 131 cm³/mol. The maximum absolute atomic E-state index is 14.9. The van der Waals surface area contributed by atoms with Gasteiger partial charge in [-0.25, -0.2) is 18.7 Å². The first-order valence-electron chi connectivity index (χ1n) is 12.3. The average Bonchev–Trinajstić information content (AvgIpc) is 3.10. The Bertz CT molecular complexity index is 1310. The van der Waals surface area contributed by atoms with Crippen LogP contribution in [0.15, 0.2) is 36.4 Å². The van der Waals surface area contributed by atoms with Gasteiger partial charge in [0.25, 0.3) is 5.91 Å². The molecule has 1 saturated heterocycles. The van der Waals surface area contributed by atoms with E-state index in [9.17, 15) is 14.0 Å². The van der Waals surface area contributed by atoms with Crippen LogP contribution in [0.4, 0.5) is 4.39 Å². The highest BCUT2D eigenvalue weighted by atomic mass is 19.1. The first-order valence-corrected chi connectivity index (χ1v) is 12.3. The van der Waals surface area contributed by atoms with Crippen molar-refractivity contribution in [2.45, 2.75) is 63.8 Å². The largest absolute Gasteiger partial charge is 0.478 e. The number of hydrogen-bond donors (Lipinski definition) is 1. The maximum Gasteiger partial charge on any atom is 0.328 e. The van der Waals surface area contributed by atoms with Gasteiger partial charge in [-0.15, -0.1) is 0 Å². The molecule has 8 heteroatoms. The van der Waals surface area contributed by atoms with Crippen LogP contribution in [0.2, 0.25) is 0 Å². The van der Waals surface area contributed by atoms with Gasteiger partial charge in [-0.05, 0) is 62.4 Å². The third-order valence-electron chi connectivity index (χ3n) is 7.20. The second kappa shape index (κ2) is 9.60. The lowest BCUT2D eigenvalue weighted by molar-refractivity contribution is -0.131. The van der Waals surface area contributed by atoms with E-state index in [1.807, 2.05) is 11.0 Å². The number of carboxylic acids is 1. The molecule has 0 radical (unpaired) electrons. The Kier molecular flexibility index (Phi) is 6.36. The highest BCUT2D eigenvalue weighted by Crippen LogP contribution is 2.37. The summed E-state index contributed by atoms with van der Waals surface area (Å²) in [4.78, 5) is 30.8. The fourth-order valence-electron chi connectivity index (χ4n) is 4.97. The smallest absolute Gasteiger partial charge is 0.328 e. The third-order valence-corrected chi connectivity index (χ3v) is 7.20. The summed E-state index contributed by atoms with van der Waals surface area (Å²) in [5, 5.41) is 13.5. The Balaban J connectivity index is 1.54. The molecule has 1 aliphatic heterocycles. The van der Waals surface area contributed by atoms with Crippen molar-refractivity contribution in [3.63, 3.8) is 0 Å². The van der Waals surface area contributed by atoms with Gasteiger partial charge in [-0.3, -0.25) is 4.79 Å². The second-order valence-electron chi connectivity index (χ2n) is 9.60. The first kappa shape index (κ1) is 23.2. The zero-order chi connectivity index (χ0) is 24.5. The number of likely N-dealkylation sites (tertiary alicyclic amines) is 1. The van der Waals surface area contributed by atoms with E-state index in [1.54, 1.807) is 22.7 Å². The lowest BCUT2D eigenvalue weighted by atomic mass is 9.82. The molecule has 5 rings (SSSR count). The molecule has 3 aromatic rings. The van der Waals surface area contributed by atoms with Gasteiger partial charge in [0.05, 0.1) is 5.69 Å². The number of hydrogen-bond acceptors (Lipinski definition) is 4. The minimum Gasteiger partial charge on any atom is -0.478 e. The molecule has 7 nitrogen and oxygen atoms in total. The van der Waals surface area contributed by atoms with Gasteiger partial charge in [0, 0.05) is 41.9 Å². The standard InChI is InChI=1S/C27H29FN4O3/c1-17-6-3-2-4-13-31(17)27(35)23-15-24(19-7-5-8-19)32-25(29-23)16-22(30-32)20-11-9-18(14-21(20)28)10-12-26(33)34/h9-12,14-17,19H,2-8,13H2,1H3,(H,33,34)/b12-10+/t17-/m1/s1. The SMILES string of the molecule is C[C@@H]1CCCCCN1C(=O)c1cc(C2CCC2)n2nc(-c3ccc(/C=C/C(=O)O)cc3F)cc2n1. The van der Waals surface area contributed by atoms with Gasteiger partial charge in [0.15, 0.2) is 5.65 Å². The van der Waals surface area contributed by atoms with E-state index < -0.39 is 11.8 Å². The molecule has 2 aromatic heterocycles. The maximum atomic E-state index is 14.9. The molecule has 0 unspecified atom stereocenters. The van der Waals surface area contributed by atoms with Crippen LogP contribution in [-0.2, 0) is 4.79 Å². The third kappa shape index (κ3) is 4.70. The minimum atomic E-state index is -1.09. The molecule has 1 atom stereocenters. The van der Waals surface area contributed by atoms with Gasteiger partial charge in [0.1, 0.15) is 11.5 Å². The van der Waals surface area contributed by atoms with Crippen molar-refractivity contribution >= 4 is 23.6 Å². The Labute approximate surface area is 203 Å². The van der Waals surface area contributed by atoms with E-state index in [1.165, 1.54) is 12.1 Å². The van der Waals surface area contributed by atoms with Crippen molar-refractivity contribution in [2.75, 3.05) is 6.54 Å². The van der Waals surface area contributed by atoms with E-state index in [4.69, 9.17) is 5.11 Å². The van der Waals surface area contributed by atoms with Crippen LogP contribution in [-0.4, -0.2) is 49.1 Å². The molecule has 3 heterocycles. The summed E-state index contributed by atoms with van der Waals surface area (Å²) in [6, 6.07) is 8.30. The van der Waals surface area contributed by atoms with Crippen LogP contribution in [0.25, 0.3) is 23.0 Å². The number of amides is 1. The van der Waals surface area contributed by atoms with Gasteiger partial charge in [-0.2, -0.15) is 5.10 Å². The number of aliphatic carboxylic acids is 1. The van der Waals surface area contributed by atoms with E-state index in [-0.39, 0.29) is 11.9 Å². The number of carbonyl (C=O) groups excluding carboxylic acids is 1. The van der Waals surface area contributed by atoms with Gasteiger partial charge in [0.2, 0.25) is 0 Å². The Morgan fingerprint density at radius 1 is 1.09 bits per heavy atom. The van der Waals surface area contributed by atoms with Crippen molar-refractivity contribution in [1.29, 1.82) is 0 Å². The zero-order valence-corrected chi connectivity index (χ0v) is 19.8. The summed E-state index contributed by atoms with van der Waals surface area (Å²) < 4.78 is 16.7. The topological polar surface area (TPSA) is 87.8 Å². The number of carboxylic acid groups (broad SMARTS) is 1. The molecule has 1 saturated carbocycles. The molecule has 2 fully saturated rings. The summed E-state index contributed by atoms with van der Waals surface area (Å²) in [5.41, 5.74) is 3.08. The lowest BCUT2D eigenvalue weighted by Gasteiger charge is -2.29. The number of fused-ring (bicyclic) bond motifs is 1. The van der Waals surface area contributed by atoms with Crippen molar-refractivity contribution < 1.29 is 19.1 Å². The predicted octanol–water partition coefficient (Wildman–Crippen LogP) is 5.31. The number of aromatic nitrogens is 3. The Morgan fingerprint density at radius 3 is 2.63 bits per heavy atom. The van der Waals surface area contributed by atoms with E-state index in [0.717, 1.165) is 63.3 Å². The van der Waals surface area contributed by atoms with Crippen LogP contribution in [0.3, 0.4) is 0 Å². The number of benzene rings is 1. The number of nitrogens with zero attached hydrogens (tertiary/aromatic N) is 4. The van der Waals surface area contributed by atoms with Gasteiger partial charge < -0.3 is 10.0 Å². The molecule has 182 valence electrons. The minimum absolute atomic E-state index is 0.0500. The molecule has 2 aliphatic rings. The van der Waals surface area contributed by atoms with Crippen molar-refractivity contribution in [2.24, 2.45) is 0 Å². The average molecular weight is 477 g/mol. The Hall–Kier alpha value is -3.55. The van der Waals surface area contributed by atoms with Crippen molar-refractivity contribution in [3.05, 3.63) is 59.2 Å². The fourth-order valence-corrected chi connectivity index (χ4v) is 4.97. The molecule has 1 aliphatic carbocycles. The summed E-state index contributed by atoms with van der Waals surface area (Å²) >= 11 is 0. The highest BCUT2D eigenvalue weighted by molar-refractivity contribution is 5.93. The van der Waals surface area contributed by atoms with Crippen LogP contribution in [0.5, 0.6) is 0 Å². The molecule has 0 bridgehead atoms. The summed E-state index contributed by atoms with van der Waals surface area (Å²) in [7, 11) is 0. The summed E-state index contributed by atoms with van der Waals surface area (Å²) in [5.74, 6) is -1.34. The highest BCUT2D eigenvalue weighted by Gasteiger charge is 2.29. The van der Waals surface area contributed by atoms with E-state index in [0.29, 0.717) is 34.1 Å². The number of carbonyl (C=O) groups is 2. The summed E-state index contributed by atoms with van der Waals surface area (Å²) in [6.07, 6.45) is 9.77. The van der Waals surface area contributed by atoms with E-state index in [2.05, 4.69) is 17.0 Å². The van der Waals surface area contributed by atoms with Gasteiger partial charge in [-0.1, -0.05) is 25.3 Å². The molecule has 35 heavy (non-hydrogen) atoms. The van der Waals surface area contributed by atoms with Crippen LogP contribution in [0, 0.1) is 5.82 Å². The lowest BCUT2D eigenvalue weighted by Crippen LogP contribution is -2.38. The molecule has 1 amide bonds. The normalized spacial score (nSPS) is 19.1. The van der Waals surface area contributed by atoms with Gasteiger partial charge >= 0.3 is 5.97 Å². The quantitative estimate of drug-likeness (QED) is 0.505. The monoisotopic (exact) mass is 476 g/mol. The van der Waals surface area contributed by atoms with Crippen LogP contribution >= 0.6 is 0 Å². The first-order chi connectivity index (χ1) is 16.9. The Morgan fingerprint density at radius 2 is 1.91 bits per heavy atom. The van der Waals surface area contributed by atoms with Crippen LogP contribution in [0.1, 0.15) is 79.5 Å². The van der Waals surface area contributed by atoms with Crippen LogP contribution < -0.4 is 0 Å². The fraction of sp³-hybridized carbons (Fsp3) is 0.407. The number of rotatable bonds is 5. The van der Waals surface area contributed by atoms with Crippen molar-refractivity contribution in [1.82, 2.24) is 19.5 Å². The molecular weight excluding hydrogens is 447 g/mol.